The molecule has 0 heterocycles. The lowest BCUT2D eigenvalue weighted by Crippen LogP contribution is -2.17. The van der Waals surface area contributed by atoms with Gasteiger partial charge in [-0.15, -0.1) is 0 Å². The average Bonchev–Trinajstić information content (AvgIpc) is 2.75. The molecule has 6 nitrogen and oxygen atoms in total. The second-order valence-electron chi connectivity index (χ2n) is 8.73. The molecular weight excluding hydrogens is 408 g/mol. The summed E-state index contributed by atoms with van der Waals surface area (Å²) in [5.41, 5.74) is -0.0103. The van der Waals surface area contributed by atoms with Gasteiger partial charge < -0.3 is 14.2 Å². The van der Waals surface area contributed by atoms with Crippen LogP contribution in [0.3, 0.4) is 0 Å². The molecule has 0 bridgehead atoms. The third-order valence-electron chi connectivity index (χ3n) is 5.05. The second-order valence-corrected chi connectivity index (χ2v) is 8.73. The van der Waals surface area contributed by atoms with Crippen molar-refractivity contribution >= 4 is 17.9 Å². The summed E-state index contributed by atoms with van der Waals surface area (Å²) in [6.07, 6.45) is 12.7. The SMILES string of the molecule is CCCCCCOC(=O)/C=C(\CC(=O)OCCCCCC(C)C)C(=O)OCCCCCC. The van der Waals surface area contributed by atoms with Crippen LogP contribution in [0.1, 0.15) is 111 Å². The first kappa shape index (κ1) is 30.1. The number of unbranched alkanes of at least 4 members (excludes halogenated alkanes) is 8. The summed E-state index contributed by atoms with van der Waals surface area (Å²) >= 11 is 0. The summed E-state index contributed by atoms with van der Waals surface area (Å²) < 4.78 is 15.7. The number of carbonyl (C=O) groups excluding carboxylic acids is 3. The Morgan fingerprint density at radius 2 is 1.22 bits per heavy atom. The van der Waals surface area contributed by atoms with Crippen molar-refractivity contribution in [1.29, 1.82) is 0 Å². The molecule has 0 aliphatic carbocycles. The predicted molar refractivity (Wildman–Crippen MR) is 127 cm³/mol. The largest absolute Gasteiger partial charge is 0.465 e. The fraction of sp³-hybridized carbons (Fsp3) is 0.808. The summed E-state index contributed by atoms with van der Waals surface area (Å²) in [4.78, 5) is 36.8. The lowest BCUT2D eigenvalue weighted by Gasteiger charge is -2.10. The maximum absolute atomic E-state index is 12.4. The van der Waals surface area contributed by atoms with Crippen LogP contribution < -0.4 is 0 Å². The molecular formula is C26H46O6. The molecule has 6 heteroatoms. The molecule has 0 saturated heterocycles. The van der Waals surface area contributed by atoms with Crippen molar-refractivity contribution in [3.05, 3.63) is 11.6 Å². The monoisotopic (exact) mass is 454 g/mol. The fourth-order valence-corrected chi connectivity index (χ4v) is 3.08. The summed E-state index contributed by atoms with van der Waals surface area (Å²) in [7, 11) is 0. The quantitative estimate of drug-likeness (QED) is 0.0928. The van der Waals surface area contributed by atoms with Crippen molar-refractivity contribution < 1.29 is 28.6 Å². The molecule has 0 N–H and O–H groups in total. The molecule has 0 aromatic carbocycles. The Morgan fingerprint density at radius 1 is 0.688 bits per heavy atom. The molecule has 0 aromatic heterocycles. The van der Waals surface area contributed by atoms with Gasteiger partial charge in [0.1, 0.15) is 0 Å². The van der Waals surface area contributed by atoms with Crippen molar-refractivity contribution in [3.63, 3.8) is 0 Å². The Bertz CT molecular complexity index is 538. The first-order chi connectivity index (χ1) is 15.4. The van der Waals surface area contributed by atoms with Crippen LogP contribution in [0, 0.1) is 5.92 Å². The highest BCUT2D eigenvalue weighted by Gasteiger charge is 2.18. The average molecular weight is 455 g/mol. The highest BCUT2D eigenvalue weighted by Crippen LogP contribution is 2.11. The van der Waals surface area contributed by atoms with E-state index < -0.39 is 17.9 Å². The van der Waals surface area contributed by atoms with E-state index in [1.807, 2.05) is 0 Å². The highest BCUT2D eigenvalue weighted by molar-refractivity contribution is 5.99. The molecule has 0 fully saturated rings. The van der Waals surface area contributed by atoms with Crippen LogP contribution in [0.4, 0.5) is 0 Å². The molecule has 0 atom stereocenters. The summed E-state index contributed by atoms with van der Waals surface area (Å²) in [6.45, 7) is 9.48. The van der Waals surface area contributed by atoms with Gasteiger partial charge in [-0.3, -0.25) is 4.79 Å². The van der Waals surface area contributed by atoms with Gasteiger partial charge in [-0.2, -0.15) is 0 Å². The van der Waals surface area contributed by atoms with E-state index >= 15 is 0 Å². The number of esters is 3. The molecule has 0 saturated carbocycles. The van der Waals surface area contributed by atoms with Gasteiger partial charge in [-0.1, -0.05) is 85.5 Å². The Morgan fingerprint density at radius 3 is 1.78 bits per heavy atom. The van der Waals surface area contributed by atoms with E-state index in [2.05, 4.69) is 27.7 Å². The maximum atomic E-state index is 12.4. The van der Waals surface area contributed by atoms with E-state index in [0.29, 0.717) is 19.1 Å². The molecule has 0 aliphatic rings. The van der Waals surface area contributed by atoms with Gasteiger partial charge in [0.25, 0.3) is 0 Å². The van der Waals surface area contributed by atoms with Crippen molar-refractivity contribution in [2.24, 2.45) is 5.92 Å². The van der Waals surface area contributed by atoms with Crippen molar-refractivity contribution in [3.8, 4) is 0 Å². The Balaban J connectivity index is 4.60. The van der Waals surface area contributed by atoms with Crippen LogP contribution in [-0.4, -0.2) is 37.7 Å². The van der Waals surface area contributed by atoms with Gasteiger partial charge in [0.2, 0.25) is 0 Å². The summed E-state index contributed by atoms with van der Waals surface area (Å²) in [6, 6.07) is 0. The van der Waals surface area contributed by atoms with Gasteiger partial charge in [0.15, 0.2) is 0 Å². The molecule has 0 aliphatic heterocycles. The number of hydrogen-bond donors (Lipinski definition) is 0. The highest BCUT2D eigenvalue weighted by atomic mass is 16.5. The molecule has 186 valence electrons. The molecule has 0 rings (SSSR count). The van der Waals surface area contributed by atoms with Crippen LogP contribution in [0.15, 0.2) is 11.6 Å². The lowest BCUT2D eigenvalue weighted by atomic mass is 10.1. The van der Waals surface area contributed by atoms with Crippen LogP contribution in [0.5, 0.6) is 0 Å². The first-order valence-corrected chi connectivity index (χ1v) is 12.6. The van der Waals surface area contributed by atoms with E-state index in [4.69, 9.17) is 14.2 Å². The van der Waals surface area contributed by atoms with E-state index in [1.54, 1.807) is 0 Å². The Kier molecular flexibility index (Phi) is 19.8. The normalized spacial score (nSPS) is 11.5. The molecule has 0 spiro atoms. The molecule has 0 radical (unpaired) electrons. The smallest absolute Gasteiger partial charge is 0.334 e. The van der Waals surface area contributed by atoms with Gasteiger partial charge >= 0.3 is 17.9 Å². The minimum atomic E-state index is -0.654. The van der Waals surface area contributed by atoms with Crippen LogP contribution in [0.2, 0.25) is 0 Å². The first-order valence-electron chi connectivity index (χ1n) is 12.6. The molecule has 0 amide bonds. The lowest BCUT2D eigenvalue weighted by molar-refractivity contribution is -0.146. The molecule has 32 heavy (non-hydrogen) atoms. The van der Waals surface area contributed by atoms with Crippen LogP contribution in [0.25, 0.3) is 0 Å². The van der Waals surface area contributed by atoms with E-state index in [-0.39, 0.29) is 18.6 Å². The Hall–Kier alpha value is -1.85. The van der Waals surface area contributed by atoms with Gasteiger partial charge in [0, 0.05) is 6.08 Å². The zero-order valence-electron chi connectivity index (χ0n) is 20.9. The minimum absolute atomic E-state index is 0.0103. The predicted octanol–water partition coefficient (Wildman–Crippen LogP) is 6.31. The minimum Gasteiger partial charge on any atom is -0.465 e. The number of hydrogen-bond acceptors (Lipinski definition) is 6. The third kappa shape index (κ3) is 18.9. The van der Waals surface area contributed by atoms with Gasteiger partial charge in [0.05, 0.1) is 31.8 Å². The van der Waals surface area contributed by atoms with Gasteiger partial charge in [-0.25, -0.2) is 9.59 Å². The number of carbonyl (C=O) groups is 3. The van der Waals surface area contributed by atoms with Crippen LogP contribution in [-0.2, 0) is 28.6 Å². The zero-order valence-corrected chi connectivity index (χ0v) is 20.9. The van der Waals surface area contributed by atoms with E-state index in [1.165, 1.54) is 0 Å². The standard InChI is InChI=1S/C26H46O6/c1-5-7-9-13-17-30-24(27)20-23(26(29)32-19-14-10-8-6-2)21-25(28)31-18-15-11-12-16-22(3)4/h20,22H,5-19,21H2,1-4H3/b23-20+. The Labute approximate surface area is 195 Å². The second kappa shape index (κ2) is 21.0. The third-order valence-corrected chi connectivity index (χ3v) is 5.05. The van der Waals surface area contributed by atoms with E-state index in [0.717, 1.165) is 83.1 Å². The number of ether oxygens (including phenoxy) is 3. The maximum Gasteiger partial charge on any atom is 0.334 e. The number of rotatable bonds is 20. The summed E-state index contributed by atoms with van der Waals surface area (Å²) in [5, 5.41) is 0. The molecule has 0 unspecified atom stereocenters. The van der Waals surface area contributed by atoms with Crippen LogP contribution >= 0.6 is 0 Å². The molecule has 0 aromatic rings. The van der Waals surface area contributed by atoms with E-state index in [9.17, 15) is 14.4 Å². The topological polar surface area (TPSA) is 78.9 Å². The van der Waals surface area contributed by atoms with Gasteiger partial charge in [-0.05, 0) is 25.2 Å². The summed E-state index contributed by atoms with van der Waals surface area (Å²) in [5.74, 6) is -1.14. The van der Waals surface area contributed by atoms with Crippen molar-refractivity contribution in [2.45, 2.75) is 111 Å². The fourth-order valence-electron chi connectivity index (χ4n) is 3.08. The van der Waals surface area contributed by atoms with Crippen molar-refractivity contribution in [2.75, 3.05) is 19.8 Å². The van der Waals surface area contributed by atoms with Crippen molar-refractivity contribution in [1.82, 2.24) is 0 Å². The zero-order chi connectivity index (χ0) is 24.0.